The fourth-order valence-corrected chi connectivity index (χ4v) is 2.62. The second-order valence-corrected chi connectivity index (χ2v) is 5.62. The van der Waals surface area contributed by atoms with Crippen LogP contribution in [-0.4, -0.2) is 11.4 Å². The average molecular weight is 322 g/mol. The van der Waals surface area contributed by atoms with Crippen molar-refractivity contribution >= 4 is 0 Å². The van der Waals surface area contributed by atoms with E-state index in [-0.39, 0.29) is 5.82 Å². The number of hydrogen-bond donors (Lipinski definition) is 1. The van der Waals surface area contributed by atoms with Crippen LogP contribution in [0.1, 0.15) is 11.1 Å². The molecule has 1 N–H and O–H groups in total. The zero-order chi connectivity index (χ0) is 16.8. The van der Waals surface area contributed by atoms with Gasteiger partial charge < -0.3 is 9.84 Å². The lowest BCUT2D eigenvalue weighted by atomic mass is 9.97. The molecule has 0 spiro atoms. The van der Waals surface area contributed by atoms with Crippen LogP contribution in [-0.2, 0) is 17.8 Å². The number of benzene rings is 3. The van der Waals surface area contributed by atoms with Gasteiger partial charge in [-0.3, -0.25) is 0 Å². The van der Waals surface area contributed by atoms with Crippen LogP contribution in [0, 0.1) is 5.82 Å². The lowest BCUT2D eigenvalue weighted by Gasteiger charge is -2.15. The molecule has 0 bridgehead atoms. The van der Waals surface area contributed by atoms with E-state index < -0.39 is 6.29 Å². The third kappa shape index (κ3) is 4.28. The van der Waals surface area contributed by atoms with Crippen molar-refractivity contribution in [1.29, 1.82) is 0 Å². The number of hydrogen-bond acceptors (Lipinski definition) is 2. The summed E-state index contributed by atoms with van der Waals surface area (Å²) < 4.78 is 18.7. The monoisotopic (exact) mass is 322 g/mol. The molecule has 2 nitrogen and oxygen atoms in total. The van der Waals surface area contributed by atoms with Crippen molar-refractivity contribution in [1.82, 2.24) is 0 Å². The standard InChI is InChI=1S/C21H19FO2/c22-19-12-10-17(11-13-19)20-9-5-4-8-18(20)14-21(23)24-15-16-6-2-1-3-7-16/h1-13,21,23H,14-15H2. The van der Waals surface area contributed by atoms with E-state index in [1.807, 2.05) is 54.6 Å². The molecule has 1 unspecified atom stereocenters. The van der Waals surface area contributed by atoms with E-state index in [1.165, 1.54) is 12.1 Å². The maximum Gasteiger partial charge on any atom is 0.159 e. The first-order chi connectivity index (χ1) is 11.7. The summed E-state index contributed by atoms with van der Waals surface area (Å²) in [6.07, 6.45) is -0.521. The first kappa shape index (κ1) is 16.4. The Hall–Kier alpha value is -2.49. The highest BCUT2D eigenvalue weighted by molar-refractivity contribution is 5.67. The van der Waals surface area contributed by atoms with Gasteiger partial charge in [-0.1, -0.05) is 66.7 Å². The minimum absolute atomic E-state index is 0.262. The fourth-order valence-electron chi connectivity index (χ4n) is 2.62. The Balaban J connectivity index is 1.69. The van der Waals surface area contributed by atoms with Crippen LogP contribution in [0.5, 0.6) is 0 Å². The maximum absolute atomic E-state index is 13.1. The van der Waals surface area contributed by atoms with Crippen LogP contribution < -0.4 is 0 Å². The number of ether oxygens (including phenoxy) is 1. The zero-order valence-electron chi connectivity index (χ0n) is 13.2. The van der Waals surface area contributed by atoms with E-state index in [0.29, 0.717) is 13.0 Å². The van der Waals surface area contributed by atoms with Crippen molar-refractivity contribution < 1.29 is 14.2 Å². The number of aliphatic hydroxyl groups excluding tert-OH is 1. The summed E-state index contributed by atoms with van der Waals surface area (Å²) in [7, 11) is 0. The predicted octanol–water partition coefficient (Wildman–Crippen LogP) is 4.57. The Morgan fingerprint density at radius 1 is 0.833 bits per heavy atom. The fraction of sp³-hybridized carbons (Fsp3) is 0.143. The Bertz CT molecular complexity index is 769. The van der Waals surface area contributed by atoms with Gasteiger partial charge in [0.05, 0.1) is 6.61 Å². The highest BCUT2D eigenvalue weighted by Gasteiger charge is 2.11. The van der Waals surface area contributed by atoms with Crippen LogP contribution in [0.3, 0.4) is 0 Å². The number of rotatable bonds is 6. The molecule has 0 heterocycles. The second kappa shape index (κ2) is 7.86. The van der Waals surface area contributed by atoms with Crippen molar-refractivity contribution in [2.75, 3.05) is 0 Å². The van der Waals surface area contributed by atoms with E-state index in [0.717, 1.165) is 22.3 Å². The van der Waals surface area contributed by atoms with Crippen molar-refractivity contribution in [3.05, 3.63) is 95.8 Å². The van der Waals surface area contributed by atoms with Crippen molar-refractivity contribution in [3.63, 3.8) is 0 Å². The summed E-state index contributed by atoms with van der Waals surface area (Å²) in [5.74, 6) is -0.262. The molecule has 0 fully saturated rings. The summed E-state index contributed by atoms with van der Waals surface area (Å²) in [6.45, 7) is 0.362. The van der Waals surface area contributed by atoms with Gasteiger partial charge in [0.25, 0.3) is 0 Å². The molecule has 0 amide bonds. The Morgan fingerprint density at radius 3 is 2.25 bits per heavy atom. The Morgan fingerprint density at radius 2 is 1.50 bits per heavy atom. The van der Waals surface area contributed by atoms with Gasteiger partial charge in [0.1, 0.15) is 5.82 Å². The van der Waals surface area contributed by atoms with Gasteiger partial charge in [-0.05, 0) is 34.4 Å². The molecular weight excluding hydrogens is 303 g/mol. The SMILES string of the molecule is OC(Cc1ccccc1-c1ccc(F)cc1)OCc1ccccc1. The van der Waals surface area contributed by atoms with Crippen molar-refractivity contribution in [2.45, 2.75) is 19.3 Å². The average Bonchev–Trinajstić information content (AvgIpc) is 2.62. The Kier molecular flexibility index (Phi) is 5.36. The maximum atomic E-state index is 13.1. The molecule has 0 aliphatic heterocycles. The molecule has 24 heavy (non-hydrogen) atoms. The lowest BCUT2D eigenvalue weighted by Crippen LogP contribution is -2.15. The topological polar surface area (TPSA) is 29.5 Å². The molecule has 0 aliphatic rings. The minimum Gasteiger partial charge on any atom is -0.368 e. The van der Waals surface area contributed by atoms with E-state index in [1.54, 1.807) is 12.1 Å². The van der Waals surface area contributed by atoms with E-state index in [2.05, 4.69) is 0 Å². The molecule has 1 atom stereocenters. The zero-order valence-corrected chi connectivity index (χ0v) is 13.2. The first-order valence-electron chi connectivity index (χ1n) is 7.90. The van der Waals surface area contributed by atoms with Gasteiger partial charge in [0.2, 0.25) is 0 Å². The highest BCUT2D eigenvalue weighted by atomic mass is 19.1. The largest absolute Gasteiger partial charge is 0.368 e. The molecule has 0 saturated carbocycles. The van der Waals surface area contributed by atoms with Crippen LogP contribution in [0.15, 0.2) is 78.9 Å². The summed E-state index contributed by atoms with van der Waals surface area (Å²) in [5, 5.41) is 10.2. The molecule has 0 aromatic heterocycles. The van der Waals surface area contributed by atoms with E-state index in [4.69, 9.17) is 4.74 Å². The summed E-state index contributed by atoms with van der Waals surface area (Å²) in [6, 6.07) is 23.9. The van der Waals surface area contributed by atoms with Gasteiger partial charge in [-0.25, -0.2) is 4.39 Å². The van der Waals surface area contributed by atoms with Gasteiger partial charge in [-0.15, -0.1) is 0 Å². The van der Waals surface area contributed by atoms with Crippen LogP contribution in [0.4, 0.5) is 4.39 Å². The normalized spacial score (nSPS) is 12.1. The number of halogens is 1. The van der Waals surface area contributed by atoms with Crippen LogP contribution in [0.2, 0.25) is 0 Å². The molecule has 0 saturated heterocycles. The summed E-state index contributed by atoms with van der Waals surface area (Å²) in [4.78, 5) is 0. The van der Waals surface area contributed by atoms with Gasteiger partial charge in [0.15, 0.2) is 6.29 Å². The lowest BCUT2D eigenvalue weighted by molar-refractivity contribution is -0.106. The summed E-state index contributed by atoms with van der Waals surface area (Å²) in [5.41, 5.74) is 3.87. The van der Waals surface area contributed by atoms with Crippen LogP contribution >= 0.6 is 0 Å². The van der Waals surface area contributed by atoms with Gasteiger partial charge in [0, 0.05) is 6.42 Å². The minimum atomic E-state index is -0.896. The molecule has 0 aliphatic carbocycles. The van der Waals surface area contributed by atoms with Gasteiger partial charge >= 0.3 is 0 Å². The molecule has 3 heteroatoms. The highest BCUT2D eigenvalue weighted by Crippen LogP contribution is 2.25. The van der Waals surface area contributed by atoms with E-state index >= 15 is 0 Å². The van der Waals surface area contributed by atoms with E-state index in [9.17, 15) is 9.50 Å². The molecule has 0 radical (unpaired) electrons. The quantitative estimate of drug-likeness (QED) is 0.674. The molecule has 3 rings (SSSR count). The third-order valence-corrected chi connectivity index (χ3v) is 3.85. The van der Waals surface area contributed by atoms with Gasteiger partial charge in [-0.2, -0.15) is 0 Å². The molecule has 3 aromatic rings. The Labute approximate surface area is 141 Å². The third-order valence-electron chi connectivity index (χ3n) is 3.85. The van der Waals surface area contributed by atoms with Crippen molar-refractivity contribution in [2.24, 2.45) is 0 Å². The first-order valence-corrected chi connectivity index (χ1v) is 7.90. The summed E-state index contributed by atoms with van der Waals surface area (Å²) >= 11 is 0. The van der Waals surface area contributed by atoms with Crippen molar-refractivity contribution in [3.8, 4) is 11.1 Å². The molecule has 122 valence electrons. The molecule has 3 aromatic carbocycles. The number of aliphatic hydroxyl groups is 1. The van der Waals surface area contributed by atoms with Crippen LogP contribution in [0.25, 0.3) is 11.1 Å². The smallest absolute Gasteiger partial charge is 0.159 e. The molecular formula is C21H19FO2. The second-order valence-electron chi connectivity index (χ2n) is 5.62. The predicted molar refractivity (Wildman–Crippen MR) is 92.8 cm³/mol.